The summed E-state index contributed by atoms with van der Waals surface area (Å²) in [5.41, 5.74) is 3.20. The van der Waals surface area contributed by atoms with Crippen LogP contribution in [-0.4, -0.2) is 18.3 Å². The Morgan fingerprint density at radius 2 is 1.80 bits per heavy atom. The van der Waals surface area contributed by atoms with Crippen LogP contribution in [0.4, 0.5) is 0 Å². The number of hydrogen-bond acceptors (Lipinski definition) is 2. The van der Waals surface area contributed by atoms with Crippen molar-refractivity contribution >= 4 is 11.6 Å². The van der Waals surface area contributed by atoms with E-state index in [0.717, 1.165) is 27.5 Å². The number of aliphatic hydroxyl groups is 1. The van der Waals surface area contributed by atoms with Gasteiger partial charge in [0, 0.05) is 11.4 Å². The van der Waals surface area contributed by atoms with E-state index in [4.69, 9.17) is 16.3 Å². The van der Waals surface area contributed by atoms with Gasteiger partial charge < -0.3 is 9.84 Å². The third kappa shape index (κ3) is 3.99. The normalized spacial score (nSPS) is 12.2. The Balaban J connectivity index is 1.99. The molecule has 1 N–H and O–H groups in total. The van der Waals surface area contributed by atoms with Gasteiger partial charge in [0.1, 0.15) is 5.75 Å². The fraction of sp³-hybridized carbons (Fsp3) is 0.294. The molecule has 2 rings (SSSR count). The average Bonchev–Trinajstić information content (AvgIpc) is 2.43. The standard InChI is InChI=1S/C17H19ClO2/c1-12-3-6-14(17(18)9-12)11-15(19)10-13-4-7-16(20-2)8-5-13/h3-9,15,19H,10-11H2,1-2H3. The largest absolute Gasteiger partial charge is 0.497 e. The van der Waals surface area contributed by atoms with Crippen LogP contribution in [0.5, 0.6) is 5.75 Å². The number of rotatable bonds is 5. The van der Waals surface area contributed by atoms with Crippen LogP contribution in [0.25, 0.3) is 0 Å². The summed E-state index contributed by atoms with van der Waals surface area (Å²) in [6, 6.07) is 13.7. The van der Waals surface area contributed by atoms with Crippen LogP contribution in [0, 0.1) is 6.92 Å². The first kappa shape index (κ1) is 14.9. The molecule has 0 aliphatic rings. The summed E-state index contributed by atoms with van der Waals surface area (Å²) in [4.78, 5) is 0. The summed E-state index contributed by atoms with van der Waals surface area (Å²) in [6.07, 6.45) is 0.725. The Morgan fingerprint density at radius 3 is 2.40 bits per heavy atom. The first-order valence-corrected chi connectivity index (χ1v) is 7.02. The number of benzene rings is 2. The molecule has 0 aliphatic carbocycles. The molecule has 2 nitrogen and oxygen atoms in total. The molecule has 0 fully saturated rings. The third-order valence-electron chi connectivity index (χ3n) is 3.29. The smallest absolute Gasteiger partial charge is 0.118 e. The van der Waals surface area contributed by atoms with Gasteiger partial charge in [0.15, 0.2) is 0 Å². The molecule has 0 saturated heterocycles. The van der Waals surface area contributed by atoms with E-state index in [1.807, 2.05) is 49.4 Å². The number of aliphatic hydroxyl groups excluding tert-OH is 1. The van der Waals surface area contributed by atoms with Crippen LogP contribution in [0.1, 0.15) is 16.7 Å². The van der Waals surface area contributed by atoms with Crippen molar-refractivity contribution in [1.82, 2.24) is 0 Å². The van der Waals surface area contributed by atoms with Crippen LogP contribution < -0.4 is 4.74 Å². The fourth-order valence-corrected chi connectivity index (χ4v) is 2.49. The molecule has 1 unspecified atom stereocenters. The van der Waals surface area contributed by atoms with E-state index >= 15 is 0 Å². The van der Waals surface area contributed by atoms with Crippen molar-refractivity contribution in [2.45, 2.75) is 25.9 Å². The number of ether oxygens (including phenoxy) is 1. The quantitative estimate of drug-likeness (QED) is 0.907. The van der Waals surface area contributed by atoms with E-state index in [1.54, 1.807) is 7.11 Å². The third-order valence-corrected chi connectivity index (χ3v) is 3.65. The monoisotopic (exact) mass is 290 g/mol. The van der Waals surface area contributed by atoms with E-state index in [0.29, 0.717) is 12.8 Å². The molecule has 0 aromatic heterocycles. The van der Waals surface area contributed by atoms with Crippen LogP contribution >= 0.6 is 11.6 Å². The van der Waals surface area contributed by atoms with E-state index in [9.17, 15) is 5.11 Å². The van der Waals surface area contributed by atoms with Crippen molar-refractivity contribution < 1.29 is 9.84 Å². The molecule has 0 heterocycles. The molecule has 0 aliphatic heterocycles. The summed E-state index contributed by atoms with van der Waals surface area (Å²) in [6.45, 7) is 2.00. The molecular weight excluding hydrogens is 272 g/mol. The molecule has 0 saturated carbocycles. The lowest BCUT2D eigenvalue weighted by molar-refractivity contribution is 0.175. The van der Waals surface area contributed by atoms with Crippen molar-refractivity contribution in [1.29, 1.82) is 0 Å². The first-order chi connectivity index (χ1) is 9.58. The highest BCUT2D eigenvalue weighted by Gasteiger charge is 2.10. The molecule has 2 aromatic carbocycles. The zero-order chi connectivity index (χ0) is 14.5. The predicted molar refractivity (Wildman–Crippen MR) is 82.6 cm³/mol. The van der Waals surface area contributed by atoms with Crippen molar-refractivity contribution in [3.8, 4) is 5.75 Å². The summed E-state index contributed by atoms with van der Waals surface area (Å²) in [5.74, 6) is 0.824. The highest BCUT2D eigenvalue weighted by Crippen LogP contribution is 2.20. The maximum Gasteiger partial charge on any atom is 0.118 e. The molecule has 106 valence electrons. The molecule has 1 atom stereocenters. The predicted octanol–water partition coefficient (Wildman–Crippen LogP) is 3.80. The minimum Gasteiger partial charge on any atom is -0.497 e. The SMILES string of the molecule is COc1ccc(CC(O)Cc2ccc(C)cc2Cl)cc1. The molecule has 0 amide bonds. The second-order valence-electron chi connectivity index (χ2n) is 5.01. The van der Waals surface area contributed by atoms with Gasteiger partial charge in [-0.25, -0.2) is 0 Å². The molecule has 0 spiro atoms. The molecule has 2 aromatic rings. The Labute approximate surface area is 125 Å². The summed E-state index contributed by atoms with van der Waals surface area (Å²) in [5, 5.41) is 10.9. The topological polar surface area (TPSA) is 29.5 Å². The van der Waals surface area contributed by atoms with Gasteiger partial charge >= 0.3 is 0 Å². The first-order valence-electron chi connectivity index (χ1n) is 6.64. The van der Waals surface area contributed by atoms with E-state index in [2.05, 4.69) is 0 Å². The van der Waals surface area contributed by atoms with Crippen LogP contribution in [0.2, 0.25) is 5.02 Å². The van der Waals surface area contributed by atoms with Gasteiger partial charge in [-0.2, -0.15) is 0 Å². The second kappa shape index (κ2) is 6.78. The van der Waals surface area contributed by atoms with Crippen LogP contribution in [-0.2, 0) is 12.8 Å². The van der Waals surface area contributed by atoms with Gasteiger partial charge in [-0.05, 0) is 48.2 Å². The number of methoxy groups -OCH3 is 1. The Hall–Kier alpha value is -1.51. The summed E-state index contributed by atoms with van der Waals surface area (Å²) < 4.78 is 5.12. The highest BCUT2D eigenvalue weighted by atomic mass is 35.5. The zero-order valence-electron chi connectivity index (χ0n) is 11.8. The summed E-state index contributed by atoms with van der Waals surface area (Å²) >= 11 is 6.19. The van der Waals surface area contributed by atoms with Gasteiger partial charge in [-0.15, -0.1) is 0 Å². The van der Waals surface area contributed by atoms with Crippen molar-refractivity contribution in [3.05, 3.63) is 64.2 Å². The Morgan fingerprint density at radius 1 is 1.10 bits per heavy atom. The van der Waals surface area contributed by atoms with E-state index < -0.39 is 6.10 Å². The molecule has 20 heavy (non-hydrogen) atoms. The van der Waals surface area contributed by atoms with E-state index in [1.165, 1.54) is 0 Å². The zero-order valence-corrected chi connectivity index (χ0v) is 12.5. The fourth-order valence-electron chi connectivity index (χ4n) is 2.18. The highest BCUT2D eigenvalue weighted by molar-refractivity contribution is 6.31. The van der Waals surface area contributed by atoms with E-state index in [-0.39, 0.29) is 0 Å². The minimum atomic E-state index is -0.441. The molecule has 0 bridgehead atoms. The van der Waals surface area contributed by atoms with Gasteiger partial charge in [-0.3, -0.25) is 0 Å². The Kier molecular flexibility index (Phi) is 5.05. The Bertz CT molecular complexity index is 564. The lowest BCUT2D eigenvalue weighted by atomic mass is 10.0. The van der Waals surface area contributed by atoms with Gasteiger partial charge in [-0.1, -0.05) is 35.9 Å². The van der Waals surface area contributed by atoms with Crippen LogP contribution in [0.15, 0.2) is 42.5 Å². The molecule has 3 heteroatoms. The molecular formula is C17H19ClO2. The summed E-state index contributed by atoms with van der Waals surface area (Å²) in [7, 11) is 1.64. The van der Waals surface area contributed by atoms with Gasteiger partial charge in [0.05, 0.1) is 13.2 Å². The van der Waals surface area contributed by atoms with Crippen molar-refractivity contribution in [3.63, 3.8) is 0 Å². The number of halogens is 1. The minimum absolute atomic E-state index is 0.441. The number of aryl methyl sites for hydroxylation is 1. The van der Waals surface area contributed by atoms with Crippen molar-refractivity contribution in [2.24, 2.45) is 0 Å². The van der Waals surface area contributed by atoms with Crippen LogP contribution in [0.3, 0.4) is 0 Å². The van der Waals surface area contributed by atoms with Gasteiger partial charge in [0.25, 0.3) is 0 Å². The maximum absolute atomic E-state index is 10.2. The van der Waals surface area contributed by atoms with Gasteiger partial charge in [0.2, 0.25) is 0 Å². The lowest BCUT2D eigenvalue weighted by Crippen LogP contribution is -2.14. The van der Waals surface area contributed by atoms with Crippen molar-refractivity contribution in [2.75, 3.05) is 7.11 Å². The maximum atomic E-state index is 10.2. The number of hydrogen-bond donors (Lipinski definition) is 1. The lowest BCUT2D eigenvalue weighted by Gasteiger charge is -2.12. The molecule has 0 radical (unpaired) electrons. The second-order valence-corrected chi connectivity index (χ2v) is 5.41. The average molecular weight is 291 g/mol.